The van der Waals surface area contributed by atoms with E-state index in [4.69, 9.17) is 4.74 Å². The number of esters is 1. The first-order valence-electron chi connectivity index (χ1n) is 9.54. The summed E-state index contributed by atoms with van der Waals surface area (Å²) in [6.45, 7) is 6.93. The summed E-state index contributed by atoms with van der Waals surface area (Å²) in [5.74, 6) is 0.757. The summed E-state index contributed by atoms with van der Waals surface area (Å²) in [5.41, 5.74) is 2.64. The molecule has 0 fully saturated rings. The lowest BCUT2D eigenvalue weighted by atomic mass is 9.97. The zero-order valence-corrected chi connectivity index (χ0v) is 17.6. The van der Waals surface area contributed by atoms with Gasteiger partial charge in [-0.3, -0.25) is 4.79 Å². The van der Waals surface area contributed by atoms with Crippen LogP contribution in [-0.4, -0.2) is 45.2 Å². The van der Waals surface area contributed by atoms with E-state index in [1.807, 2.05) is 32.9 Å². The van der Waals surface area contributed by atoms with Crippen molar-refractivity contribution in [2.45, 2.75) is 33.9 Å². The minimum atomic E-state index is -0.548. The molecule has 0 saturated heterocycles. The van der Waals surface area contributed by atoms with E-state index in [1.165, 1.54) is 5.56 Å². The van der Waals surface area contributed by atoms with Crippen LogP contribution in [0, 0.1) is 5.41 Å². The lowest BCUT2D eigenvalue weighted by Gasteiger charge is -2.16. The third-order valence-electron chi connectivity index (χ3n) is 4.23. The SMILES string of the molecule is CN(C)Cc1ccc(Cn2nnc(-c3ccc(OC(=O)C(C)(C)C)cc3)n2)cc1. The molecule has 0 aliphatic rings. The molecule has 0 amide bonds. The third kappa shape index (κ3) is 5.71. The van der Waals surface area contributed by atoms with Crippen molar-refractivity contribution < 1.29 is 9.53 Å². The summed E-state index contributed by atoms with van der Waals surface area (Å²) < 4.78 is 5.38. The molecule has 0 bridgehead atoms. The van der Waals surface area contributed by atoms with Crippen molar-refractivity contribution >= 4 is 5.97 Å². The lowest BCUT2D eigenvalue weighted by Crippen LogP contribution is -2.25. The Labute approximate surface area is 171 Å². The van der Waals surface area contributed by atoms with E-state index < -0.39 is 5.41 Å². The van der Waals surface area contributed by atoms with Gasteiger partial charge < -0.3 is 9.64 Å². The second kappa shape index (κ2) is 8.53. The topological polar surface area (TPSA) is 73.1 Å². The van der Waals surface area contributed by atoms with Gasteiger partial charge in [-0.1, -0.05) is 24.3 Å². The van der Waals surface area contributed by atoms with Crippen molar-refractivity contribution in [2.24, 2.45) is 5.41 Å². The third-order valence-corrected chi connectivity index (χ3v) is 4.23. The summed E-state index contributed by atoms with van der Waals surface area (Å²) in [6.07, 6.45) is 0. The molecule has 152 valence electrons. The smallest absolute Gasteiger partial charge is 0.316 e. The van der Waals surface area contributed by atoms with Gasteiger partial charge in [0.15, 0.2) is 0 Å². The molecule has 3 aromatic rings. The number of carbonyl (C=O) groups excluding carboxylic acids is 1. The molecular weight excluding hydrogens is 366 g/mol. The number of ether oxygens (including phenoxy) is 1. The van der Waals surface area contributed by atoms with Crippen LogP contribution in [-0.2, 0) is 17.9 Å². The Morgan fingerprint density at radius 3 is 2.21 bits per heavy atom. The first kappa shape index (κ1) is 20.7. The predicted molar refractivity (Wildman–Crippen MR) is 111 cm³/mol. The Morgan fingerprint density at radius 1 is 1.00 bits per heavy atom. The zero-order chi connectivity index (χ0) is 21.0. The van der Waals surface area contributed by atoms with Crippen molar-refractivity contribution in [1.29, 1.82) is 0 Å². The Hall–Kier alpha value is -3.06. The first-order chi connectivity index (χ1) is 13.7. The van der Waals surface area contributed by atoms with E-state index in [0.29, 0.717) is 18.1 Å². The monoisotopic (exact) mass is 393 g/mol. The summed E-state index contributed by atoms with van der Waals surface area (Å²) in [7, 11) is 4.10. The van der Waals surface area contributed by atoms with Gasteiger partial charge in [0.1, 0.15) is 5.75 Å². The van der Waals surface area contributed by atoms with Crippen LogP contribution in [0.3, 0.4) is 0 Å². The van der Waals surface area contributed by atoms with Crippen LogP contribution in [0.25, 0.3) is 11.4 Å². The van der Waals surface area contributed by atoms with E-state index in [0.717, 1.165) is 17.7 Å². The van der Waals surface area contributed by atoms with Crippen molar-refractivity contribution in [3.63, 3.8) is 0 Å². The van der Waals surface area contributed by atoms with Gasteiger partial charge in [-0.25, -0.2) is 0 Å². The van der Waals surface area contributed by atoms with Crippen molar-refractivity contribution in [3.05, 3.63) is 59.7 Å². The summed E-state index contributed by atoms with van der Waals surface area (Å²) >= 11 is 0. The van der Waals surface area contributed by atoms with Gasteiger partial charge in [-0.15, -0.1) is 10.2 Å². The van der Waals surface area contributed by atoms with Crippen molar-refractivity contribution in [1.82, 2.24) is 25.1 Å². The average molecular weight is 393 g/mol. The van der Waals surface area contributed by atoms with Crippen LogP contribution in [0.5, 0.6) is 5.75 Å². The molecule has 0 aliphatic carbocycles. The molecule has 0 atom stereocenters. The molecule has 29 heavy (non-hydrogen) atoms. The molecule has 0 spiro atoms. The number of nitrogens with zero attached hydrogens (tertiary/aromatic N) is 5. The number of aromatic nitrogens is 4. The van der Waals surface area contributed by atoms with Crippen LogP contribution in [0.1, 0.15) is 31.9 Å². The molecule has 3 rings (SSSR count). The number of carbonyl (C=O) groups is 1. The molecule has 7 nitrogen and oxygen atoms in total. The maximum atomic E-state index is 12.0. The molecule has 0 N–H and O–H groups in total. The second-order valence-corrected chi connectivity index (χ2v) is 8.36. The molecular formula is C22H27N5O2. The molecule has 2 aromatic carbocycles. The highest BCUT2D eigenvalue weighted by Gasteiger charge is 2.23. The van der Waals surface area contributed by atoms with Crippen LogP contribution in [0.15, 0.2) is 48.5 Å². The zero-order valence-electron chi connectivity index (χ0n) is 17.6. The van der Waals surface area contributed by atoms with E-state index in [2.05, 4.69) is 58.7 Å². The lowest BCUT2D eigenvalue weighted by molar-refractivity contribution is -0.142. The summed E-state index contributed by atoms with van der Waals surface area (Å²) in [6, 6.07) is 15.5. The van der Waals surface area contributed by atoms with Crippen LogP contribution < -0.4 is 4.74 Å². The van der Waals surface area contributed by atoms with E-state index in [9.17, 15) is 4.79 Å². The molecule has 1 heterocycles. The molecule has 0 unspecified atom stereocenters. The minimum Gasteiger partial charge on any atom is -0.426 e. The maximum Gasteiger partial charge on any atom is 0.316 e. The first-order valence-corrected chi connectivity index (χ1v) is 9.54. The number of rotatable bonds is 6. The summed E-state index contributed by atoms with van der Waals surface area (Å²) in [5, 5.41) is 12.7. The van der Waals surface area contributed by atoms with Gasteiger partial charge in [0, 0.05) is 12.1 Å². The number of hydrogen-bond acceptors (Lipinski definition) is 6. The number of hydrogen-bond donors (Lipinski definition) is 0. The van der Waals surface area contributed by atoms with Gasteiger partial charge in [0.25, 0.3) is 0 Å². The highest BCUT2D eigenvalue weighted by Crippen LogP contribution is 2.22. The van der Waals surface area contributed by atoms with E-state index in [-0.39, 0.29) is 5.97 Å². The van der Waals surface area contributed by atoms with Gasteiger partial charge in [-0.2, -0.15) is 4.80 Å². The van der Waals surface area contributed by atoms with Crippen molar-refractivity contribution in [2.75, 3.05) is 14.1 Å². The molecule has 0 saturated carbocycles. The fourth-order valence-electron chi connectivity index (χ4n) is 2.64. The maximum absolute atomic E-state index is 12.0. The molecule has 1 aromatic heterocycles. The van der Waals surface area contributed by atoms with Gasteiger partial charge in [-0.05, 0) is 75.5 Å². The number of benzene rings is 2. The van der Waals surface area contributed by atoms with Crippen LogP contribution in [0.4, 0.5) is 0 Å². The van der Waals surface area contributed by atoms with Crippen molar-refractivity contribution in [3.8, 4) is 17.1 Å². The Morgan fingerprint density at radius 2 is 1.62 bits per heavy atom. The highest BCUT2D eigenvalue weighted by molar-refractivity contribution is 5.78. The van der Waals surface area contributed by atoms with Crippen LogP contribution in [0.2, 0.25) is 0 Å². The van der Waals surface area contributed by atoms with Crippen LogP contribution >= 0.6 is 0 Å². The molecule has 7 heteroatoms. The largest absolute Gasteiger partial charge is 0.426 e. The highest BCUT2D eigenvalue weighted by atomic mass is 16.5. The van der Waals surface area contributed by atoms with Gasteiger partial charge >= 0.3 is 5.97 Å². The fraction of sp³-hybridized carbons (Fsp3) is 0.364. The van der Waals surface area contributed by atoms with Gasteiger partial charge in [0.05, 0.1) is 12.0 Å². The van der Waals surface area contributed by atoms with Gasteiger partial charge in [0.2, 0.25) is 5.82 Å². The predicted octanol–water partition coefficient (Wildman–Crippen LogP) is 3.40. The minimum absolute atomic E-state index is 0.272. The standard InChI is InChI=1S/C22H27N5O2/c1-22(2,3)21(28)29-19-12-10-18(11-13-19)20-23-25-27(24-20)15-17-8-6-16(7-9-17)14-26(4)5/h6-13H,14-15H2,1-5H3. The average Bonchev–Trinajstić information content (AvgIpc) is 3.11. The van der Waals surface area contributed by atoms with E-state index in [1.54, 1.807) is 16.9 Å². The van der Waals surface area contributed by atoms with E-state index >= 15 is 0 Å². The second-order valence-electron chi connectivity index (χ2n) is 8.36. The fourth-order valence-corrected chi connectivity index (χ4v) is 2.64. The Balaban J connectivity index is 1.64. The summed E-state index contributed by atoms with van der Waals surface area (Å²) in [4.78, 5) is 15.7. The molecule has 0 radical (unpaired) electrons. The normalized spacial score (nSPS) is 11.7. The number of tetrazole rings is 1. The quantitative estimate of drug-likeness (QED) is 0.472. The Bertz CT molecular complexity index is 954. The Kier molecular flexibility index (Phi) is 6.08. The molecule has 0 aliphatic heterocycles.